The number of rotatable bonds is 5. The SMILES string of the molecule is C/N=c1/c(NCCCCN)nc2ccccc2n1C(C)=N. The van der Waals surface area contributed by atoms with Crippen LogP contribution in [0.4, 0.5) is 5.82 Å². The van der Waals surface area contributed by atoms with Crippen LogP contribution < -0.4 is 16.5 Å². The van der Waals surface area contributed by atoms with Crippen molar-refractivity contribution in [3.05, 3.63) is 29.8 Å². The summed E-state index contributed by atoms with van der Waals surface area (Å²) in [6.45, 7) is 3.23. The molecule has 6 heteroatoms. The molecule has 0 aliphatic carbocycles. The van der Waals surface area contributed by atoms with E-state index in [1.165, 1.54) is 0 Å². The van der Waals surface area contributed by atoms with Crippen LogP contribution in [0.3, 0.4) is 0 Å². The number of nitrogens with two attached hydrogens (primary N) is 1. The first-order valence-corrected chi connectivity index (χ1v) is 7.13. The number of fused-ring (bicyclic) bond motifs is 1. The van der Waals surface area contributed by atoms with Gasteiger partial charge in [-0.15, -0.1) is 0 Å². The standard InChI is InChI=1S/C15H22N6/c1-11(17)21-13-8-4-3-7-12(13)20-14(15(21)18-2)19-10-6-5-9-16/h3-4,7-8,17H,5-6,9-10,16H2,1-2H3,(H,19,20)/b17-11?,18-15-. The molecule has 112 valence electrons. The third kappa shape index (κ3) is 3.28. The Morgan fingerprint density at radius 1 is 1.38 bits per heavy atom. The van der Waals surface area contributed by atoms with Crippen molar-refractivity contribution in [1.82, 2.24) is 9.55 Å². The lowest BCUT2D eigenvalue weighted by atomic mass is 10.3. The fourth-order valence-corrected chi connectivity index (χ4v) is 2.28. The Kier molecular flexibility index (Phi) is 5.05. The molecule has 2 aromatic rings. The zero-order valence-corrected chi connectivity index (χ0v) is 12.6. The summed E-state index contributed by atoms with van der Waals surface area (Å²) in [6.07, 6.45) is 1.96. The summed E-state index contributed by atoms with van der Waals surface area (Å²) < 4.78 is 1.81. The maximum Gasteiger partial charge on any atom is 0.177 e. The fraction of sp³-hybridized carbons (Fsp3) is 0.400. The molecule has 6 nitrogen and oxygen atoms in total. The summed E-state index contributed by atoms with van der Waals surface area (Å²) in [7, 11) is 1.72. The highest BCUT2D eigenvalue weighted by molar-refractivity contribution is 5.90. The van der Waals surface area contributed by atoms with E-state index in [0.29, 0.717) is 23.7 Å². The van der Waals surface area contributed by atoms with Gasteiger partial charge < -0.3 is 11.1 Å². The van der Waals surface area contributed by atoms with E-state index in [1.54, 1.807) is 14.0 Å². The second-order valence-electron chi connectivity index (χ2n) is 4.84. The number of anilines is 1. The number of benzene rings is 1. The zero-order valence-electron chi connectivity index (χ0n) is 12.6. The Morgan fingerprint density at radius 2 is 2.14 bits per heavy atom. The molecule has 0 atom stereocenters. The molecule has 0 spiro atoms. The number of nitrogens with zero attached hydrogens (tertiary/aromatic N) is 3. The van der Waals surface area contributed by atoms with Crippen molar-refractivity contribution in [2.45, 2.75) is 19.8 Å². The van der Waals surface area contributed by atoms with Crippen LogP contribution in [0.5, 0.6) is 0 Å². The lowest BCUT2D eigenvalue weighted by Crippen LogP contribution is -2.30. The van der Waals surface area contributed by atoms with Crippen LogP contribution >= 0.6 is 0 Å². The van der Waals surface area contributed by atoms with E-state index in [1.807, 2.05) is 28.8 Å². The lowest BCUT2D eigenvalue weighted by molar-refractivity contribution is 0.770. The highest BCUT2D eigenvalue weighted by atomic mass is 15.1. The summed E-state index contributed by atoms with van der Waals surface area (Å²) in [4.78, 5) is 8.95. The maximum atomic E-state index is 8.03. The topological polar surface area (TPSA) is 92.1 Å². The number of hydrogen-bond donors (Lipinski definition) is 3. The Hall–Kier alpha value is -2.21. The Balaban J connectivity index is 2.52. The van der Waals surface area contributed by atoms with Crippen LogP contribution in [0.2, 0.25) is 0 Å². The second-order valence-corrected chi connectivity index (χ2v) is 4.84. The van der Waals surface area contributed by atoms with Crippen LogP contribution in [0.1, 0.15) is 19.8 Å². The van der Waals surface area contributed by atoms with E-state index in [-0.39, 0.29) is 0 Å². The molecule has 4 N–H and O–H groups in total. The first-order valence-electron chi connectivity index (χ1n) is 7.13. The Bertz CT molecular complexity index is 701. The molecule has 0 aliphatic rings. The molecule has 2 rings (SSSR count). The number of aromatic nitrogens is 2. The van der Waals surface area contributed by atoms with Crippen molar-refractivity contribution in [2.75, 3.05) is 25.5 Å². The van der Waals surface area contributed by atoms with Crippen LogP contribution in [0.25, 0.3) is 11.0 Å². The number of para-hydroxylation sites is 2. The van der Waals surface area contributed by atoms with Crippen LogP contribution in [-0.4, -0.2) is 35.5 Å². The average Bonchev–Trinajstić information content (AvgIpc) is 2.49. The van der Waals surface area contributed by atoms with E-state index in [4.69, 9.17) is 11.1 Å². The van der Waals surface area contributed by atoms with Gasteiger partial charge in [0.25, 0.3) is 0 Å². The van der Waals surface area contributed by atoms with Crippen molar-refractivity contribution in [1.29, 1.82) is 5.41 Å². The molecule has 0 aliphatic heterocycles. The molecular formula is C15H22N6. The van der Waals surface area contributed by atoms with Gasteiger partial charge in [0, 0.05) is 13.6 Å². The van der Waals surface area contributed by atoms with E-state index in [2.05, 4.69) is 15.3 Å². The van der Waals surface area contributed by atoms with E-state index >= 15 is 0 Å². The van der Waals surface area contributed by atoms with Gasteiger partial charge in [0.15, 0.2) is 11.3 Å². The average molecular weight is 286 g/mol. The summed E-state index contributed by atoms with van der Waals surface area (Å²) >= 11 is 0. The minimum Gasteiger partial charge on any atom is -0.367 e. The van der Waals surface area contributed by atoms with E-state index < -0.39 is 0 Å². The van der Waals surface area contributed by atoms with Gasteiger partial charge in [-0.2, -0.15) is 0 Å². The molecule has 1 aromatic heterocycles. The van der Waals surface area contributed by atoms with Crippen molar-refractivity contribution in [3.63, 3.8) is 0 Å². The predicted molar refractivity (Wildman–Crippen MR) is 86.8 cm³/mol. The molecule has 0 saturated heterocycles. The number of nitrogens with one attached hydrogen (secondary N) is 2. The van der Waals surface area contributed by atoms with Gasteiger partial charge in [-0.25, -0.2) is 4.98 Å². The summed E-state index contributed by atoms with van der Waals surface area (Å²) in [5.41, 5.74) is 7.92. The monoisotopic (exact) mass is 286 g/mol. The molecule has 0 fully saturated rings. The quantitative estimate of drug-likeness (QED) is 0.442. The predicted octanol–water partition coefficient (Wildman–Crippen LogP) is 1.56. The molecule has 1 heterocycles. The Labute approximate surface area is 124 Å². The van der Waals surface area contributed by atoms with Crippen molar-refractivity contribution in [2.24, 2.45) is 10.7 Å². The minimum absolute atomic E-state index is 0.416. The molecule has 0 saturated carbocycles. The smallest absolute Gasteiger partial charge is 0.177 e. The highest BCUT2D eigenvalue weighted by Crippen LogP contribution is 2.12. The van der Waals surface area contributed by atoms with Gasteiger partial charge >= 0.3 is 0 Å². The van der Waals surface area contributed by atoms with Crippen LogP contribution in [0.15, 0.2) is 29.3 Å². The summed E-state index contributed by atoms with van der Waals surface area (Å²) in [5, 5.41) is 11.3. The van der Waals surface area contributed by atoms with Crippen molar-refractivity contribution < 1.29 is 0 Å². The second kappa shape index (κ2) is 6.99. The van der Waals surface area contributed by atoms with Gasteiger partial charge in [-0.3, -0.25) is 15.0 Å². The minimum atomic E-state index is 0.416. The van der Waals surface area contributed by atoms with Crippen LogP contribution in [-0.2, 0) is 0 Å². The zero-order chi connectivity index (χ0) is 15.2. The van der Waals surface area contributed by atoms with Crippen LogP contribution in [0, 0.1) is 5.41 Å². The first kappa shape index (κ1) is 15.2. The van der Waals surface area contributed by atoms with Gasteiger partial charge in [0.1, 0.15) is 5.84 Å². The molecule has 21 heavy (non-hydrogen) atoms. The van der Waals surface area contributed by atoms with Gasteiger partial charge in [-0.05, 0) is 38.4 Å². The molecule has 0 unspecified atom stereocenters. The van der Waals surface area contributed by atoms with E-state index in [9.17, 15) is 0 Å². The summed E-state index contributed by atoms with van der Waals surface area (Å²) in [6, 6.07) is 7.78. The fourth-order valence-electron chi connectivity index (χ4n) is 2.28. The highest BCUT2D eigenvalue weighted by Gasteiger charge is 2.09. The largest absolute Gasteiger partial charge is 0.367 e. The lowest BCUT2D eigenvalue weighted by Gasteiger charge is -2.14. The van der Waals surface area contributed by atoms with Gasteiger partial charge in [0.05, 0.1) is 11.0 Å². The number of unbranched alkanes of at least 4 members (excludes halogenated alkanes) is 1. The molecular weight excluding hydrogens is 264 g/mol. The molecule has 1 aromatic carbocycles. The molecule has 0 radical (unpaired) electrons. The molecule has 0 bridgehead atoms. The van der Waals surface area contributed by atoms with Gasteiger partial charge in [-0.1, -0.05) is 12.1 Å². The third-order valence-corrected chi connectivity index (χ3v) is 3.25. The van der Waals surface area contributed by atoms with Crippen molar-refractivity contribution in [3.8, 4) is 0 Å². The Morgan fingerprint density at radius 3 is 2.81 bits per heavy atom. The van der Waals surface area contributed by atoms with E-state index in [0.717, 1.165) is 30.4 Å². The first-order chi connectivity index (χ1) is 10.2. The number of hydrogen-bond acceptors (Lipinski definition) is 5. The normalized spacial score (nSPS) is 11.9. The third-order valence-electron chi connectivity index (χ3n) is 3.25. The van der Waals surface area contributed by atoms with Crippen molar-refractivity contribution >= 4 is 22.7 Å². The van der Waals surface area contributed by atoms with Gasteiger partial charge in [0.2, 0.25) is 0 Å². The summed E-state index contributed by atoms with van der Waals surface area (Å²) in [5.74, 6) is 1.12. The molecule has 0 amide bonds. The maximum absolute atomic E-state index is 8.03.